The summed E-state index contributed by atoms with van der Waals surface area (Å²) in [6, 6.07) is 27.1. The van der Waals surface area contributed by atoms with Crippen LogP contribution in [0.3, 0.4) is 0 Å². The molecule has 5 nitrogen and oxygen atoms in total. The second-order valence-electron chi connectivity index (χ2n) is 9.72. The van der Waals surface area contributed by atoms with Crippen LogP contribution in [-0.4, -0.2) is 28.9 Å². The minimum Gasteiger partial charge on any atom is -0.361 e. The van der Waals surface area contributed by atoms with Gasteiger partial charge >= 0.3 is 0 Å². The average molecular weight is 480 g/mol. The number of amides is 2. The summed E-state index contributed by atoms with van der Waals surface area (Å²) in [5, 5.41) is 7.45. The maximum atomic E-state index is 13.8. The van der Waals surface area contributed by atoms with Crippen molar-refractivity contribution in [1.82, 2.24) is 15.6 Å². The molecule has 1 heterocycles. The number of H-pyrrole nitrogens is 1. The highest BCUT2D eigenvalue weighted by atomic mass is 16.2. The number of nitrogens with one attached hydrogen (secondary N) is 3. The summed E-state index contributed by atoms with van der Waals surface area (Å²) in [5.74, 6) is -0.781. The highest BCUT2D eigenvalue weighted by Crippen LogP contribution is 2.26. The first kappa shape index (κ1) is 23.9. The Balaban J connectivity index is 1.43. The number of rotatable bonds is 8. The van der Waals surface area contributed by atoms with Crippen LogP contribution in [0.4, 0.5) is 0 Å². The molecule has 0 saturated heterocycles. The van der Waals surface area contributed by atoms with Crippen molar-refractivity contribution < 1.29 is 9.59 Å². The molecule has 0 unspecified atom stereocenters. The Morgan fingerprint density at radius 3 is 2.06 bits per heavy atom. The van der Waals surface area contributed by atoms with E-state index in [2.05, 4.69) is 21.7 Å². The quantitative estimate of drug-likeness (QED) is 0.313. The Morgan fingerprint density at radius 2 is 1.39 bits per heavy atom. The van der Waals surface area contributed by atoms with Gasteiger partial charge in [0.05, 0.1) is 5.92 Å². The van der Waals surface area contributed by atoms with Gasteiger partial charge in [0.25, 0.3) is 0 Å². The van der Waals surface area contributed by atoms with Crippen LogP contribution in [0.25, 0.3) is 10.9 Å². The summed E-state index contributed by atoms with van der Waals surface area (Å²) in [6.07, 6.45) is 7.85. The third-order valence-corrected chi connectivity index (χ3v) is 7.21. The van der Waals surface area contributed by atoms with Crippen molar-refractivity contribution in [2.75, 3.05) is 0 Å². The lowest BCUT2D eigenvalue weighted by Crippen LogP contribution is -2.52. The molecule has 5 heteroatoms. The molecule has 2 amide bonds. The van der Waals surface area contributed by atoms with E-state index in [1.807, 2.05) is 85.1 Å². The van der Waals surface area contributed by atoms with Crippen molar-refractivity contribution in [2.24, 2.45) is 0 Å². The van der Waals surface area contributed by atoms with Crippen molar-refractivity contribution in [1.29, 1.82) is 0 Å². The number of para-hydroxylation sites is 1. The minimum absolute atomic E-state index is 0.111. The van der Waals surface area contributed by atoms with Crippen LogP contribution < -0.4 is 10.6 Å². The van der Waals surface area contributed by atoms with Gasteiger partial charge in [-0.25, -0.2) is 0 Å². The fraction of sp³-hybridized carbons (Fsp3) is 0.290. The summed E-state index contributed by atoms with van der Waals surface area (Å²) >= 11 is 0. The molecule has 1 aliphatic rings. The molecule has 5 rings (SSSR count). The molecule has 0 radical (unpaired) electrons. The highest BCUT2D eigenvalue weighted by molar-refractivity contribution is 5.93. The van der Waals surface area contributed by atoms with Crippen LogP contribution in [0.5, 0.6) is 0 Å². The normalized spacial score (nSPS) is 15.0. The third-order valence-electron chi connectivity index (χ3n) is 7.21. The van der Waals surface area contributed by atoms with Gasteiger partial charge in [-0.05, 0) is 35.6 Å². The van der Waals surface area contributed by atoms with Crippen molar-refractivity contribution in [3.05, 3.63) is 108 Å². The number of hydrogen-bond acceptors (Lipinski definition) is 2. The number of benzene rings is 3. The Kier molecular flexibility index (Phi) is 7.46. The Bertz CT molecular complexity index is 1250. The van der Waals surface area contributed by atoms with E-state index in [1.165, 1.54) is 6.42 Å². The molecule has 0 bridgehead atoms. The SMILES string of the molecule is O=C(N[C@H](Cc1c[nH]c2ccccc12)C(=O)NC1CCCCC1)C(c1ccccc1)c1ccccc1. The first-order chi connectivity index (χ1) is 17.7. The van der Waals surface area contributed by atoms with Gasteiger partial charge in [-0.3, -0.25) is 9.59 Å². The fourth-order valence-corrected chi connectivity index (χ4v) is 5.32. The Morgan fingerprint density at radius 1 is 0.778 bits per heavy atom. The van der Waals surface area contributed by atoms with Gasteiger partial charge in [0.1, 0.15) is 6.04 Å². The Hall–Kier alpha value is -3.86. The molecule has 0 aliphatic heterocycles. The van der Waals surface area contributed by atoms with Crippen LogP contribution in [0, 0.1) is 0 Å². The smallest absolute Gasteiger partial charge is 0.243 e. The van der Waals surface area contributed by atoms with E-state index in [1.54, 1.807) is 0 Å². The van der Waals surface area contributed by atoms with E-state index < -0.39 is 12.0 Å². The predicted molar refractivity (Wildman–Crippen MR) is 144 cm³/mol. The van der Waals surface area contributed by atoms with Crippen molar-refractivity contribution in [3.63, 3.8) is 0 Å². The highest BCUT2D eigenvalue weighted by Gasteiger charge is 2.30. The van der Waals surface area contributed by atoms with E-state index in [9.17, 15) is 9.59 Å². The van der Waals surface area contributed by atoms with Crippen molar-refractivity contribution in [3.8, 4) is 0 Å². The lowest BCUT2D eigenvalue weighted by molar-refractivity contribution is -0.129. The van der Waals surface area contributed by atoms with Crippen molar-refractivity contribution in [2.45, 2.75) is 56.5 Å². The largest absolute Gasteiger partial charge is 0.361 e. The van der Waals surface area contributed by atoms with Crippen molar-refractivity contribution >= 4 is 22.7 Å². The van der Waals surface area contributed by atoms with E-state index >= 15 is 0 Å². The van der Waals surface area contributed by atoms with Crippen LogP contribution in [0.2, 0.25) is 0 Å². The van der Waals surface area contributed by atoms with Gasteiger partial charge in [0.15, 0.2) is 0 Å². The topological polar surface area (TPSA) is 74.0 Å². The summed E-state index contributed by atoms with van der Waals surface area (Å²) in [4.78, 5) is 30.7. The second kappa shape index (κ2) is 11.3. The summed E-state index contributed by atoms with van der Waals surface area (Å²) in [6.45, 7) is 0. The number of fused-ring (bicyclic) bond motifs is 1. The molecule has 1 atom stereocenters. The lowest BCUT2D eigenvalue weighted by Gasteiger charge is -2.27. The van der Waals surface area contributed by atoms with E-state index in [0.717, 1.165) is 53.3 Å². The van der Waals surface area contributed by atoms with Gasteiger partial charge in [0, 0.05) is 29.6 Å². The third kappa shape index (κ3) is 5.51. The standard InChI is InChI=1S/C31H33N3O2/c35-30(33-25-16-8-3-9-17-25)28(20-24-21-32-27-19-11-10-18-26(24)27)34-31(36)29(22-12-4-1-5-13-22)23-14-6-2-7-15-23/h1-2,4-7,10-15,18-19,21,25,28-29,32H,3,8-9,16-17,20H2,(H,33,35)(H,34,36)/t28-/m1/s1. The minimum atomic E-state index is -0.673. The van der Waals surface area contributed by atoms with Gasteiger partial charge in [-0.15, -0.1) is 0 Å². The molecule has 1 aromatic heterocycles. The summed E-state index contributed by atoms with van der Waals surface area (Å²) in [7, 11) is 0. The molecular weight excluding hydrogens is 446 g/mol. The number of aromatic amines is 1. The molecule has 1 fully saturated rings. The van der Waals surface area contributed by atoms with Crippen LogP contribution in [0.15, 0.2) is 91.1 Å². The van der Waals surface area contributed by atoms with Gasteiger partial charge in [0.2, 0.25) is 11.8 Å². The van der Waals surface area contributed by atoms with Gasteiger partial charge in [-0.1, -0.05) is 98.1 Å². The number of carbonyl (C=O) groups is 2. The molecule has 1 saturated carbocycles. The van der Waals surface area contributed by atoms with Gasteiger partial charge < -0.3 is 15.6 Å². The maximum absolute atomic E-state index is 13.8. The lowest BCUT2D eigenvalue weighted by atomic mass is 9.90. The van der Waals surface area contributed by atoms with Crippen LogP contribution in [-0.2, 0) is 16.0 Å². The van der Waals surface area contributed by atoms with E-state index in [4.69, 9.17) is 0 Å². The zero-order valence-corrected chi connectivity index (χ0v) is 20.5. The number of hydrogen-bond donors (Lipinski definition) is 3. The first-order valence-corrected chi connectivity index (χ1v) is 12.9. The van der Waals surface area contributed by atoms with E-state index in [-0.39, 0.29) is 17.9 Å². The van der Waals surface area contributed by atoms with E-state index in [0.29, 0.717) is 6.42 Å². The summed E-state index contributed by atoms with van der Waals surface area (Å²) < 4.78 is 0. The molecule has 4 aromatic rings. The maximum Gasteiger partial charge on any atom is 0.243 e. The zero-order valence-electron chi connectivity index (χ0n) is 20.5. The molecule has 1 aliphatic carbocycles. The monoisotopic (exact) mass is 479 g/mol. The average Bonchev–Trinajstić information content (AvgIpc) is 3.33. The van der Waals surface area contributed by atoms with Gasteiger partial charge in [-0.2, -0.15) is 0 Å². The van der Waals surface area contributed by atoms with Crippen LogP contribution >= 0.6 is 0 Å². The summed E-state index contributed by atoms with van der Waals surface area (Å²) in [5.41, 5.74) is 3.85. The number of carbonyl (C=O) groups excluding carboxylic acids is 2. The predicted octanol–water partition coefficient (Wildman–Crippen LogP) is 5.48. The first-order valence-electron chi connectivity index (χ1n) is 12.9. The molecule has 3 N–H and O–H groups in total. The van der Waals surface area contributed by atoms with Crippen LogP contribution in [0.1, 0.15) is 54.7 Å². The zero-order chi connectivity index (χ0) is 24.7. The Labute approximate surface area is 212 Å². The number of aromatic nitrogens is 1. The molecule has 184 valence electrons. The second-order valence-corrected chi connectivity index (χ2v) is 9.72. The fourth-order valence-electron chi connectivity index (χ4n) is 5.32. The molecule has 36 heavy (non-hydrogen) atoms. The molecule has 3 aromatic carbocycles. The molecular formula is C31H33N3O2. The molecule has 0 spiro atoms.